The van der Waals surface area contributed by atoms with Crippen LogP contribution in [0.5, 0.6) is 11.5 Å². The number of benzene rings is 1. The first-order valence-electron chi connectivity index (χ1n) is 4.50. The molecule has 1 aliphatic rings. The zero-order valence-corrected chi connectivity index (χ0v) is 7.77. The van der Waals surface area contributed by atoms with Crippen LogP contribution in [0.1, 0.15) is 18.1 Å². The van der Waals surface area contributed by atoms with Gasteiger partial charge in [0, 0.05) is 0 Å². The number of aliphatic hydroxyl groups excluding tert-OH is 1. The Morgan fingerprint density at radius 2 is 2.21 bits per heavy atom. The van der Waals surface area contributed by atoms with Crippen LogP contribution in [0.25, 0.3) is 0 Å². The number of rotatable bonds is 3. The van der Waals surface area contributed by atoms with E-state index in [9.17, 15) is 5.11 Å². The summed E-state index contributed by atoms with van der Waals surface area (Å²) in [5, 5.41) is 9.68. The Balaban J connectivity index is 2.23. The number of hydrogen-bond acceptors (Lipinski definition) is 3. The van der Waals surface area contributed by atoms with Crippen molar-refractivity contribution in [3.05, 3.63) is 36.4 Å². The summed E-state index contributed by atoms with van der Waals surface area (Å²) in [4.78, 5) is 0. The Morgan fingerprint density at radius 1 is 1.43 bits per heavy atom. The lowest BCUT2D eigenvalue weighted by molar-refractivity contribution is 0.172. The van der Waals surface area contributed by atoms with E-state index in [2.05, 4.69) is 6.58 Å². The third-order valence-corrected chi connectivity index (χ3v) is 2.17. The number of fused-ring (bicyclic) bond motifs is 1. The van der Waals surface area contributed by atoms with E-state index < -0.39 is 6.10 Å². The molecule has 74 valence electrons. The summed E-state index contributed by atoms with van der Waals surface area (Å²) in [5.74, 6) is 1.44. The van der Waals surface area contributed by atoms with E-state index in [0.29, 0.717) is 12.2 Å². The van der Waals surface area contributed by atoms with Crippen LogP contribution in [0, 0.1) is 0 Å². The van der Waals surface area contributed by atoms with Gasteiger partial charge in [0.1, 0.15) is 0 Å². The zero-order valence-electron chi connectivity index (χ0n) is 7.77. The lowest BCUT2D eigenvalue weighted by Gasteiger charge is -2.08. The first-order valence-corrected chi connectivity index (χ1v) is 4.50. The maximum atomic E-state index is 9.68. The first kappa shape index (κ1) is 9.09. The molecule has 0 aromatic heterocycles. The third kappa shape index (κ3) is 1.59. The van der Waals surface area contributed by atoms with Crippen molar-refractivity contribution >= 4 is 0 Å². The van der Waals surface area contributed by atoms with Crippen molar-refractivity contribution in [2.75, 3.05) is 6.79 Å². The second-order valence-corrected chi connectivity index (χ2v) is 3.15. The molecule has 1 aliphatic heterocycles. The van der Waals surface area contributed by atoms with Crippen molar-refractivity contribution in [3.63, 3.8) is 0 Å². The van der Waals surface area contributed by atoms with Gasteiger partial charge in [0.05, 0.1) is 6.10 Å². The molecule has 0 radical (unpaired) electrons. The van der Waals surface area contributed by atoms with E-state index in [1.54, 1.807) is 12.1 Å². The predicted molar refractivity (Wildman–Crippen MR) is 52.3 cm³/mol. The fraction of sp³-hybridized carbons (Fsp3) is 0.273. The summed E-state index contributed by atoms with van der Waals surface area (Å²) in [7, 11) is 0. The minimum Gasteiger partial charge on any atom is -0.454 e. The van der Waals surface area contributed by atoms with Gasteiger partial charge in [-0.15, -0.1) is 6.58 Å². The molecule has 0 saturated carbocycles. The van der Waals surface area contributed by atoms with Crippen molar-refractivity contribution in [1.82, 2.24) is 0 Å². The molecule has 0 amide bonds. The average Bonchev–Trinajstić information content (AvgIpc) is 2.64. The minimum atomic E-state index is -0.512. The van der Waals surface area contributed by atoms with E-state index in [-0.39, 0.29) is 6.79 Å². The van der Waals surface area contributed by atoms with Gasteiger partial charge in [-0.1, -0.05) is 12.1 Å². The fourth-order valence-corrected chi connectivity index (χ4v) is 1.41. The van der Waals surface area contributed by atoms with Gasteiger partial charge in [0.15, 0.2) is 11.5 Å². The molecule has 0 saturated heterocycles. The van der Waals surface area contributed by atoms with Gasteiger partial charge in [-0.25, -0.2) is 0 Å². The van der Waals surface area contributed by atoms with E-state index in [4.69, 9.17) is 9.47 Å². The summed E-state index contributed by atoms with van der Waals surface area (Å²) >= 11 is 0. The minimum absolute atomic E-state index is 0.260. The molecule has 0 bridgehead atoms. The van der Waals surface area contributed by atoms with Crippen LogP contribution in [-0.4, -0.2) is 11.9 Å². The van der Waals surface area contributed by atoms with Gasteiger partial charge < -0.3 is 14.6 Å². The lowest BCUT2D eigenvalue weighted by Crippen LogP contribution is -1.95. The predicted octanol–water partition coefficient (Wildman–Crippen LogP) is 2.02. The van der Waals surface area contributed by atoms with Crippen molar-refractivity contribution in [2.45, 2.75) is 12.5 Å². The van der Waals surface area contributed by atoms with Crippen LogP contribution < -0.4 is 9.47 Å². The quantitative estimate of drug-likeness (QED) is 0.744. The normalized spacial score (nSPS) is 15.2. The summed E-state index contributed by atoms with van der Waals surface area (Å²) < 4.78 is 10.4. The van der Waals surface area contributed by atoms with Gasteiger partial charge in [-0.2, -0.15) is 0 Å². The maximum Gasteiger partial charge on any atom is 0.231 e. The highest BCUT2D eigenvalue weighted by Gasteiger charge is 2.15. The van der Waals surface area contributed by atoms with Gasteiger partial charge >= 0.3 is 0 Å². The topological polar surface area (TPSA) is 38.7 Å². The molecule has 0 fully saturated rings. The van der Waals surface area contributed by atoms with E-state index in [1.165, 1.54) is 0 Å². The van der Waals surface area contributed by atoms with E-state index in [1.807, 2.05) is 12.1 Å². The summed E-state index contributed by atoms with van der Waals surface area (Å²) in [6.07, 6.45) is 1.72. The molecule has 14 heavy (non-hydrogen) atoms. The highest BCUT2D eigenvalue weighted by atomic mass is 16.7. The monoisotopic (exact) mass is 192 g/mol. The standard InChI is InChI=1S/C11H12O3/c1-2-3-9(12)8-4-5-10-11(6-8)14-7-13-10/h2,4-6,9,12H,1,3,7H2. The Bertz CT molecular complexity index is 346. The Hall–Kier alpha value is -1.48. The lowest BCUT2D eigenvalue weighted by atomic mass is 10.1. The molecule has 1 atom stereocenters. The molecule has 0 spiro atoms. The number of hydrogen-bond donors (Lipinski definition) is 1. The molecule has 0 aliphatic carbocycles. The Labute approximate surface area is 82.6 Å². The third-order valence-electron chi connectivity index (χ3n) is 2.17. The van der Waals surface area contributed by atoms with Gasteiger partial charge in [-0.05, 0) is 24.1 Å². The summed E-state index contributed by atoms with van der Waals surface area (Å²) in [5.41, 5.74) is 0.828. The van der Waals surface area contributed by atoms with Crippen molar-refractivity contribution in [2.24, 2.45) is 0 Å². The molecule has 1 unspecified atom stereocenters. The maximum absolute atomic E-state index is 9.68. The van der Waals surface area contributed by atoms with Crippen LogP contribution in [-0.2, 0) is 0 Å². The number of ether oxygens (including phenoxy) is 2. The van der Waals surface area contributed by atoms with Crippen molar-refractivity contribution in [3.8, 4) is 11.5 Å². The smallest absolute Gasteiger partial charge is 0.231 e. The van der Waals surface area contributed by atoms with Crippen LogP contribution in [0.2, 0.25) is 0 Å². The fourth-order valence-electron chi connectivity index (χ4n) is 1.41. The molecular formula is C11H12O3. The second-order valence-electron chi connectivity index (χ2n) is 3.15. The Morgan fingerprint density at radius 3 is 3.00 bits per heavy atom. The SMILES string of the molecule is C=CCC(O)c1ccc2c(c1)OCO2. The summed E-state index contributed by atoms with van der Waals surface area (Å²) in [6, 6.07) is 5.45. The Kier molecular flexibility index (Phi) is 2.41. The molecule has 1 heterocycles. The number of aliphatic hydroxyl groups is 1. The highest BCUT2D eigenvalue weighted by Crippen LogP contribution is 2.34. The molecule has 3 heteroatoms. The van der Waals surface area contributed by atoms with Gasteiger partial charge in [0.25, 0.3) is 0 Å². The second kappa shape index (κ2) is 3.72. The van der Waals surface area contributed by atoms with Crippen LogP contribution in [0.3, 0.4) is 0 Å². The molecule has 3 nitrogen and oxygen atoms in total. The first-order chi connectivity index (χ1) is 6.81. The van der Waals surface area contributed by atoms with Crippen molar-refractivity contribution in [1.29, 1.82) is 0 Å². The molecule has 2 rings (SSSR count). The van der Waals surface area contributed by atoms with Crippen molar-refractivity contribution < 1.29 is 14.6 Å². The molecular weight excluding hydrogens is 180 g/mol. The highest BCUT2D eigenvalue weighted by molar-refractivity contribution is 5.45. The molecule has 1 aromatic rings. The van der Waals surface area contributed by atoms with Crippen LogP contribution in [0.15, 0.2) is 30.9 Å². The van der Waals surface area contributed by atoms with Crippen LogP contribution >= 0.6 is 0 Å². The molecule has 1 aromatic carbocycles. The van der Waals surface area contributed by atoms with Gasteiger partial charge in [0.2, 0.25) is 6.79 Å². The van der Waals surface area contributed by atoms with E-state index >= 15 is 0 Å². The molecule has 1 N–H and O–H groups in total. The summed E-state index contributed by atoms with van der Waals surface area (Å²) in [6.45, 7) is 3.84. The zero-order chi connectivity index (χ0) is 9.97. The van der Waals surface area contributed by atoms with Crippen LogP contribution in [0.4, 0.5) is 0 Å². The largest absolute Gasteiger partial charge is 0.454 e. The average molecular weight is 192 g/mol. The van der Waals surface area contributed by atoms with Gasteiger partial charge in [-0.3, -0.25) is 0 Å². The van der Waals surface area contributed by atoms with E-state index in [0.717, 1.165) is 11.3 Å².